The van der Waals surface area contributed by atoms with Gasteiger partial charge in [-0.15, -0.1) is 0 Å². The van der Waals surface area contributed by atoms with Crippen LogP contribution in [0.5, 0.6) is 0 Å². The quantitative estimate of drug-likeness (QED) is 0.821. The van der Waals surface area contributed by atoms with Gasteiger partial charge >= 0.3 is 5.97 Å². The zero-order valence-electron chi connectivity index (χ0n) is 10.00. The van der Waals surface area contributed by atoms with Crippen molar-refractivity contribution in [3.05, 3.63) is 28.8 Å². The monoisotopic (exact) mass is 267 g/mol. The van der Waals surface area contributed by atoms with Crippen molar-refractivity contribution in [1.29, 1.82) is 0 Å². The molecule has 0 radical (unpaired) electrons. The van der Waals surface area contributed by atoms with E-state index in [-0.39, 0.29) is 0 Å². The number of rotatable bonds is 3. The summed E-state index contributed by atoms with van der Waals surface area (Å²) in [7, 11) is 0. The van der Waals surface area contributed by atoms with E-state index in [9.17, 15) is 4.79 Å². The molecule has 2 N–H and O–H groups in total. The number of benzene rings is 1. The summed E-state index contributed by atoms with van der Waals surface area (Å²) in [6, 6.07) is 5.10. The second-order valence-electron chi connectivity index (χ2n) is 3.70. The zero-order valence-corrected chi connectivity index (χ0v) is 10.8. The first-order valence-corrected chi connectivity index (χ1v) is 6.10. The van der Waals surface area contributed by atoms with Crippen LogP contribution < -0.4 is 10.6 Å². The minimum Gasteiger partial charge on any atom is -0.462 e. The zero-order chi connectivity index (χ0) is 13.0. The number of hydrogen-bond donors (Lipinski definition) is 2. The Morgan fingerprint density at radius 2 is 2.44 bits per heavy atom. The summed E-state index contributed by atoms with van der Waals surface area (Å²) in [5.74, 6) is 0.277. The van der Waals surface area contributed by atoms with Crippen molar-refractivity contribution in [2.24, 2.45) is 4.99 Å². The van der Waals surface area contributed by atoms with E-state index in [0.717, 1.165) is 18.8 Å². The Balaban J connectivity index is 2.17. The average Bonchev–Trinajstić information content (AvgIpc) is 2.84. The van der Waals surface area contributed by atoms with Crippen molar-refractivity contribution in [3.63, 3.8) is 0 Å². The number of carbonyl (C=O) groups excluding carboxylic acids is 1. The molecule has 0 amide bonds. The molecule has 0 saturated carbocycles. The van der Waals surface area contributed by atoms with Gasteiger partial charge in [-0.25, -0.2) is 4.79 Å². The number of nitrogens with zero attached hydrogens (tertiary/aromatic N) is 1. The number of nitrogens with one attached hydrogen (secondary N) is 2. The van der Waals surface area contributed by atoms with Crippen molar-refractivity contribution in [3.8, 4) is 0 Å². The molecule has 1 heterocycles. The van der Waals surface area contributed by atoms with E-state index in [2.05, 4.69) is 15.6 Å². The van der Waals surface area contributed by atoms with Gasteiger partial charge in [0.25, 0.3) is 0 Å². The number of anilines is 1. The van der Waals surface area contributed by atoms with E-state index >= 15 is 0 Å². The number of carbonyl (C=O) groups is 1. The van der Waals surface area contributed by atoms with Crippen LogP contribution in [0.1, 0.15) is 17.3 Å². The molecule has 96 valence electrons. The van der Waals surface area contributed by atoms with Crippen LogP contribution in [0.15, 0.2) is 23.2 Å². The van der Waals surface area contributed by atoms with Crippen molar-refractivity contribution in [2.45, 2.75) is 6.92 Å². The highest BCUT2D eigenvalue weighted by Gasteiger charge is 2.13. The van der Waals surface area contributed by atoms with Crippen LogP contribution in [-0.2, 0) is 4.74 Å². The van der Waals surface area contributed by atoms with Crippen LogP contribution in [0.25, 0.3) is 0 Å². The van der Waals surface area contributed by atoms with Gasteiger partial charge in [0.2, 0.25) is 0 Å². The fourth-order valence-electron chi connectivity index (χ4n) is 1.59. The molecule has 0 bridgehead atoms. The molecule has 0 spiro atoms. The third-order valence-corrected chi connectivity index (χ3v) is 2.73. The van der Waals surface area contributed by atoms with E-state index in [1.807, 2.05) is 0 Å². The van der Waals surface area contributed by atoms with Crippen LogP contribution in [-0.4, -0.2) is 31.6 Å². The number of hydrogen-bond acceptors (Lipinski definition) is 5. The molecule has 0 aliphatic carbocycles. The topological polar surface area (TPSA) is 62.7 Å². The van der Waals surface area contributed by atoms with Gasteiger partial charge in [-0.1, -0.05) is 11.6 Å². The summed E-state index contributed by atoms with van der Waals surface area (Å²) < 4.78 is 4.94. The van der Waals surface area contributed by atoms with E-state index in [4.69, 9.17) is 16.3 Å². The van der Waals surface area contributed by atoms with Crippen LogP contribution in [0.4, 0.5) is 5.69 Å². The third-order valence-electron chi connectivity index (χ3n) is 2.40. The molecule has 0 aromatic heterocycles. The molecule has 0 unspecified atom stereocenters. The molecule has 0 fully saturated rings. The number of esters is 1. The van der Waals surface area contributed by atoms with Crippen LogP contribution in [0.3, 0.4) is 0 Å². The normalized spacial score (nSPS) is 13.8. The summed E-state index contributed by atoms with van der Waals surface area (Å²) in [4.78, 5) is 15.9. The van der Waals surface area contributed by atoms with Gasteiger partial charge in [0.1, 0.15) is 0 Å². The Bertz CT molecular complexity index is 488. The predicted molar refractivity (Wildman–Crippen MR) is 71.3 cm³/mol. The lowest BCUT2D eigenvalue weighted by atomic mass is 10.2. The minimum absolute atomic E-state index is 0.321. The number of halogens is 1. The summed E-state index contributed by atoms with van der Waals surface area (Å²) in [5.41, 5.74) is 1.10. The van der Waals surface area contributed by atoms with E-state index in [1.165, 1.54) is 0 Å². The summed E-state index contributed by atoms with van der Waals surface area (Å²) in [6.07, 6.45) is 0. The average molecular weight is 268 g/mol. The Morgan fingerprint density at radius 3 is 3.11 bits per heavy atom. The lowest BCUT2D eigenvalue weighted by molar-refractivity contribution is 0.0526. The first kappa shape index (κ1) is 12.7. The maximum atomic E-state index is 11.7. The van der Waals surface area contributed by atoms with E-state index in [0.29, 0.717) is 23.2 Å². The first-order chi connectivity index (χ1) is 8.70. The molecule has 18 heavy (non-hydrogen) atoms. The molecule has 1 aromatic rings. The van der Waals surface area contributed by atoms with Crippen molar-refractivity contribution >= 4 is 29.2 Å². The van der Waals surface area contributed by atoms with Gasteiger partial charge in [0.05, 0.1) is 23.7 Å². The van der Waals surface area contributed by atoms with Gasteiger partial charge in [-0.05, 0) is 25.1 Å². The summed E-state index contributed by atoms with van der Waals surface area (Å²) in [5, 5.41) is 6.54. The summed E-state index contributed by atoms with van der Waals surface area (Å²) >= 11 is 5.97. The predicted octanol–water partition coefficient (Wildman–Crippen LogP) is 1.89. The maximum absolute atomic E-state index is 11.7. The highest BCUT2D eigenvalue weighted by Crippen LogP contribution is 2.21. The van der Waals surface area contributed by atoms with Crippen LogP contribution in [0, 0.1) is 0 Å². The highest BCUT2D eigenvalue weighted by atomic mass is 35.5. The Labute approximate surface area is 110 Å². The molecule has 6 heteroatoms. The lowest BCUT2D eigenvalue weighted by Crippen LogP contribution is -2.26. The molecule has 0 saturated heterocycles. The van der Waals surface area contributed by atoms with Gasteiger partial charge in [0, 0.05) is 12.2 Å². The van der Waals surface area contributed by atoms with Crippen molar-refractivity contribution < 1.29 is 9.53 Å². The number of ether oxygens (including phenoxy) is 1. The van der Waals surface area contributed by atoms with E-state index in [1.54, 1.807) is 25.1 Å². The largest absolute Gasteiger partial charge is 0.462 e. The number of guanidine groups is 1. The van der Waals surface area contributed by atoms with E-state index < -0.39 is 5.97 Å². The number of aliphatic imine (C=N–C) groups is 1. The van der Waals surface area contributed by atoms with Crippen molar-refractivity contribution in [1.82, 2.24) is 5.32 Å². The van der Waals surface area contributed by atoms with Gasteiger partial charge in [0.15, 0.2) is 5.96 Å². The second kappa shape index (κ2) is 5.73. The molecule has 1 aliphatic heterocycles. The molecule has 0 atom stereocenters. The maximum Gasteiger partial charge on any atom is 0.339 e. The SMILES string of the molecule is CCOC(=O)c1cc(NC2=NCCN2)ccc1Cl. The fraction of sp³-hybridized carbons (Fsp3) is 0.333. The summed E-state index contributed by atoms with van der Waals surface area (Å²) in [6.45, 7) is 3.65. The minimum atomic E-state index is -0.424. The van der Waals surface area contributed by atoms with Crippen LogP contribution in [0.2, 0.25) is 5.02 Å². The Kier molecular flexibility index (Phi) is 4.04. The van der Waals surface area contributed by atoms with Crippen molar-refractivity contribution in [2.75, 3.05) is 25.0 Å². The molecule has 1 aliphatic rings. The molecular formula is C12H14ClN3O2. The second-order valence-corrected chi connectivity index (χ2v) is 4.10. The molecular weight excluding hydrogens is 254 g/mol. The lowest BCUT2D eigenvalue weighted by Gasteiger charge is -2.09. The molecule has 1 aromatic carbocycles. The highest BCUT2D eigenvalue weighted by molar-refractivity contribution is 6.33. The van der Waals surface area contributed by atoms with Gasteiger partial charge < -0.3 is 15.4 Å². The molecule has 2 rings (SSSR count). The third kappa shape index (κ3) is 2.92. The fourth-order valence-corrected chi connectivity index (χ4v) is 1.78. The standard InChI is InChI=1S/C12H14ClN3O2/c1-2-18-11(17)9-7-8(3-4-10(9)13)16-12-14-5-6-15-12/h3-4,7H,2,5-6H2,1H3,(H2,14,15,16). The first-order valence-electron chi connectivity index (χ1n) is 5.72. The Morgan fingerprint density at radius 1 is 1.61 bits per heavy atom. The molecule has 5 nitrogen and oxygen atoms in total. The van der Waals surface area contributed by atoms with Gasteiger partial charge in [-0.2, -0.15) is 0 Å². The van der Waals surface area contributed by atoms with Gasteiger partial charge in [-0.3, -0.25) is 4.99 Å². The van der Waals surface area contributed by atoms with Crippen LogP contribution >= 0.6 is 11.6 Å². The Hall–Kier alpha value is -1.75. The smallest absolute Gasteiger partial charge is 0.339 e.